The molecule has 0 aliphatic rings. The first-order valence-corrected chi connectivity index (χ1v) is 7.22. The predicted molar refractivity (Wildman–Crippen MR) is 85.4 cm³/mol. The number of furan rings is 1. The molecule has 1 aromatic carbocycles. The van der Waals surface area contributed by atoms with Crippen molar-refractivity contribution in [1.82, 2.24) is 5.43 Å². The van der Waals surface area contributed by atoms with E-state index in [1.807, 2.05) is 6.92 Å². The molecule has 0 saturated heterocycles. The highest BCUT2D eigenvalue weighted by Gasteiger charge is 2.04. The van der Waals surface area contributed by atoms with Crippen LogP contribution < -0.4 is 14.9 Å². The first kappa shape index (κ1) is 16.1. The molecule has 1 amide bonds. The van der Waals surface area contributed by atoms with Gasteiger partial charge in [0, 0.05) is 6.07 Å². The van der Waals surface area contributed by atoms with Gasteiger partial charge in [-0.2, -0.15) is 5.10 Å². The quantitative estimate of drug-likeness (QED) is 0.630. The molecule has 1 N–H and O–H groups in total. The zero-order valence-electron chi connectivity index (χ0n) is 12.1. The number of benzene rings is 1. The van der Waals surface area contributed by atoms with Crippen LogP contribution in [0.25, 0.3) is 0 Å². The smallest absolute Gasteiger partial charge is 0.277 e. The predicted octanol–water partition coefficient (Wildman–Crippen LogP) is 2.89. The van der Waals surface area contributed by atoms with Gasteiger partial charge in [-0.25, -0.2) is 5.43 Å². The Hall–Kier alpha value is -2.28. The number of ether oxygens (including phenoxy) is 2. The Morgan fingerprint density at radius 1 is 1.36 bits per heavy atom. The minimum atomic E-state index is -0.366. The summed E-state index contributed by atoms with van der Waals surface area (Å²) in [6, 6.07) is 8.71. The van der Waals surface area contributed by atoms with Crippen LogP contribution >= 0.6 is 15.9 Å². The molecule has 1 aromatic heterocycles. The molecule has 0 fully saturated rings. The van der Waals surface area contributed by atoms with Crippen LogP contribution in [-0.4, -0.2) is 25.8 Å². The van der Waals surface area contributed by atoms with Crippen LogP contribution in [0.15, 0.2) is 44.3 Å². The van der Waals surface area contributed by atoms with E-state index in [1.54, 1.807) is 37.4 Å². The molecule has 0 aliphatic carbocycles. The van der Waals surface area contributed by atoms with Crippen LogP contribution in [-0.2, 0) is 4.79 Å². The summed E-state index contributed by atoms with van der Waals surface area (Å²) in [5, 5.41) is 3.80. The largest absolute Gasteiger partial charge is 0.497 e. The molecule has 0 spiro atoms. The third kappa shape index (κ3) is 4.63. The van der Waals surface area contributed by atoms with E-state index in [-0.39, 0.29) is 12.5 Å². The van der Waals surface area contributed by atoms with Crippen molar-refractivity contribution < 1.29 is 18.7 Å². The normalized spacial score (nSPS) is 10.7. The molecule has 0 unspecified atom stereocenters. The van der Waals surface area contributed by atoms with Gasteiger partial charge in [0.15, 0.2) is 6.61 Å². The van der Waals surface area contributed by atoms with Crippen LogP contribution in [0, 0.1) is 6.92 Å². The van der Waals surface area contributed by atoms with Gasteiger partial charge in [-0.15, -0.1) is 0 Å². The second-order valence-electron chi connectivity index (χ2n) is 4.31. The number of amides is 1. The Labute approximate surface area is 136 Å². The number of hydrogen-bond donors (Lipinski definition) is 1. The summed E-state index contributed by atoms with van der Waals surface area (Å²) in [6.07, 6.45) is 1.42. The summed E-state index contributed by atoms with van der Waals surface area (Å²) in [4.78, 5) is 11.6. The summed E-state index contributed by atoms with van der Waals surface area (Å²) in [5.41, 5.74) is 2.36. The maximum atomic E-state index is 11.6. The van der Waals surface area contributed by atoms with Gasteiger partial charge in [-0.3, -0.25) is 4.79 Å². The highest BCUT2D eigenvalue weighted by atomic mass is 79.9. The fourth-order valence-corrected chi connectivity index (χ4v) is 1.87. The Kier molecular flexibility index (Phi) is 5.60. The number of carbonyl (C=O) groups is 1. The molecular formula is C15H15BrN2O4. The number of carbonyl (C=O) groups excluding carboxylic acids is 1. The number of methoxy groups -OCH3 is 1. The summed E-state index contributed by atoms with van der Waals surface area (Å²) in [5.74, 6) is 2.22. The molecule has 2 rings (SSSR count). The first-order chi connectivity index (χ1) is 10.6. The van der Waals surface area contributed by atoms with Gasteiger partial charge in [0.2, 0.25) is 0 Å². The van der Waals surface area contributed by atoms with Gasteiger partial charge in [0.1, 0.15) is 23.0 Å². The molecule has 6 nitrogen and oxygen atoms in total. The second kappa shape index (κ2) is 7.65. The van der Waals surface area contributed by atoms with Crippen LogP contribution in [0.1, 0.15) is 11.5 Å². The zero-order valence-corrected chi connectivity index (χ0v) is 13.7. The van der Waals surface area contributed by atoms with Crippen molar-refractivity contribution >= 4 is 28.1 Å². The Morgan fingerprint density at radius 3 is 2.64 bits per heavy atom. The van der Waals surface area contributed by atoms with Gasteiger partial charge in [-0.1, -0.05) is 0 Å². The zero-order chi connectivity index (χ0) is 15.9. The van der Waals surface area contributed by atoms with Crippen molar-refractivity contribution in [3.8, 4) is 11.5 Å². The van der Waals surface area contributed by atoms with Crippen LogP contribution in [0.2, 0.25) is 0 Å². The summed E-state index contributed by atoms with van der Waals surface area (Å²) in [7, 11) is 1.58. The third-order valence-corrected chi connectivity index (χ3v) is 3.47. The summed E-state index contributed by atoms with van der Waals surface area (Å²) in [6.45, 7) is 1.69. The number of nitrogens with one attached hydrogen (secondary N) is 1. The van der Waals surface area contributed by atoms with Crippen molar-refractivity contribution in [3.05, 3.63) is 46.3 Å². The average Bonchev–Trinajstić information content (AvgIpc) is 2.84. The van der Waals surface area contributed by atoms with E-state index in [0.717, 1.165) is 16.0 Å². The fraction of sp³-hybridized carbons (Fsp3) is 0.200. The monoisotopic (exact) mass is 366 g/mol. The number of halogens is 1. The number of hydrogen-bond acceptors (Lipinski definition) is 5. The Bertz CT molecular complexity index is 645. The summed E-state index contributed by atoms with van der Waals surface area (Å²) >= 11 is 3.33. The minimum absolute atomic E-state index is 0.134. The van der Waals surface area contributed by atoms with Gasteiger partial charge in [0.05, 0.1) is 17.8 Å². The highest BCUT2D eigenvalue weighted by molar-refractivity contribution is 9.10. The molecule has 7 heteroatoms. The van der Waals surface area contributed by atoms with Crippen molar-refractivity contribution in [2.24, 2.45) is 5.10 Å². The lowest BCUT2D eigenvalue weighted by atomic mass is 10.3. The lowest BCUT2D eigenvalue weighted by Crippen LogP contribution is -2.24. The van der Waals surface area contributed by atoms with E-state index in [1.165, 1.54) is 6.21 Å². The second-order valence-corrected chi connectivity index (χ2v) is 5.16. The number of rotatable bonds is 6. The van der Waals surface area contributed by atoms with Gasteiger partial charge < -0.3 is 13.9 Å². The standard InChI is InChI=1S/C15H15BrN2O4/c1-10-14(16)7-13(22-10)8-17-18-15(19)9-21-12-5-3-11(20-2)4-6-12/h3-8H,9H2,1-2H3,(H,18,19)/b17-8-. The SMILES string of the molecule is COc1ccc(OCC(=O)N/N=C\c2cc(Br)c(C)o2)cc1. The molecule has 116 valence electrons. The van der Waals surface area contributed by atoms with Crippen molar-refractivity contribution in [3.63, 3.8) is 0 Å². The van der Waals surface area contributed by atoms with E-state index in [4.69, 9.17) is 13.9 Å². The van der Waals surface area contributed by atoms with Gasteiger partial charge >= 0.3 is 0 Å². The molecule has 0 bridgehead atoms. The molecule has 0 aliphatic heterocycles. The van der Waals surface area contributed by atoms with E-state index >= 15 is 0 Å². The van der Waals surface area contributed by atoms with E-state index < -0.39 is 0 Å². The van der Waals surface area contributed by atoms with E-state index in [2.05, 4.69) is 26.5 Å². The van der Waals surface area contributed by atoms with Crippen LogP contribution in [0.3, 0.4) is 0 Å². The lowest BCUT2D eigenvalue weighted by molar-refractivity contribution is -0.123. The first-order valence-electron chi connectivity index (χ1n) is 6.43. The molecule has 0 radical (unpaired) electrons. The summed E-state index contributed by atoms with van der Waals surface area (Å²) < 4.78 is 16.6. The van der Waals surface area contributed by atoms with E-state index in [0.29, 0.717) is 11.5 Å². The van der Waals surface area contributed by atoms with Crippen LogP contribution in [0.4, 0.5) is 0 Å². The molecule has 0 saturated carbocycles. The Morgan fingerprint density at radius 2 is 2.05 bits per heavy atom. The average molecular weight is 367 g/mol. The third-order valence-electron chi connectivity index (χ3n) is 2.69. The maximum Gasteiger partial charge on any atom is 0.277 e. The van der Waals surface area contributed by atoms with Gasteiger partial charge in [0.25, 0.3) is 5.91 Å². The number of nitrogens with zero attached hydrogens (tertiary/aromatic N) is 1. The van der Waals surface area contributed by atoms with Gasteiger partial charge in [-0.05, 0) is 47.1 Å². The molecule has 2 aromatic rings. The van der Waals surface area contributed by atoms with Crippen molar-refractivity contribution in [2.75, 3.05) is 13.7 Å². The van der Waals surface area contributed by atoms with Crippen molar-refractivity contribution in [1.29, 1.82) is 0 Å². The Balaban J connectivity index is 1.77. The number of hydrazone groups is 1. The maximum absolute atomic E-state index is 11.6. The topological polar surface area (TPSA) is 73.1 Å². The van der Waals surface area contributed by atoms with Crippen LogP contribution in [0.5, 0.6) is 11.5 Å². The molecule has 0 atom stereocenters. The molecule has 22 heavy (non-hydrogen) atoms. The fourth-order valence-electron chi connectivity index (χ4n) is 1.57. The molecular weight excluding hydrogens is 352 g/mol. The molecule has 1 heterocycles. The minimum Gasteiger partial charge on any atom is -0.497 e. The highest BCUT2D eigenvalue weighted by Crippen LogP contribution is 2.19. The number of aryl methyl sites for hydroxylation is 1. The lowest BCUT2D eigenvalue weighted by Gasteiger charge is -2.05. The van der Waals surface area contributed by atoms with E-state index in [9.17, 15) is 4.79 Å². The van der Waals surface area contributed by atoms with Crippen molar-refractivity contribution in [2.45, 2.75) is 6.92 Å².